The molecule has 2 nitrogen and oxygen atoms in total. The Labute approximate surface area is 143 Å². The summed E-state index contributed by atoms with van der Waals surface area (Å²) in [6, 6.07) is 2.76. The van der Waals surface area contributed by atoms with Crippen molar-refractivity contribution in [1.82, 2.24) is 4.98 Å². The fourth-order valence-electron chi connectivity index (χ4n) is 3.67. The molecule has 0 N–H and O–H groups in total. The van der Waals surface area contributed by atoms with E-state index in [4.69, 9.17) is 4.98 Å². The van der Waals surface area contributed by atoms with Gasteiger partial charge in [0.2, 0.25) is 0 Å². The number of rotatable bonds is 2. The number of nitrogens with zero attached hydrogens (tertiary/aromatic N) is 2. The number of pyridine rings is 1. The maximum absolute atomic E-state index is 4.97. The maximum atomic E-state index is 4.97. The van der Waals surface area contributed by atoms with Gasteiger partial charge in [-0.1, -0.05) is 47.6 Å². The zero-order valence-corrected chi connectivity index (χ0v) is 16.4. The Hall–Kier alpha value is -1.31. The number of anilines is 1. The van der Waals surface area contributed by atoms with E-state index < -0.39 is 0 Å². The fourth-order valence-corrected chi connectivity index (χ4v) is 3.67. The molecule has 2 rings (SSSR count). The van der Waals surface area contributed by atoms with Crippen molar-refractivity contribution >= 4 is 11.4 Å². The van der Waals surface area contributed by atoms with E-state index in [9.17, 15) is 0 Å². The molecule has 0 unspecified atom stereocenters. The molecule has 0 saturated heterocycles. The first kappa shape index (κ1) is 18.0. The van der Waals surface area contributed by atoms with E-state index in [1.54, 1.807) is 0 Å². The molecule has 1 aromatic rings. The zero-order chi connectivity index (χ0) is 17.5. The van der Waals surface area contributed by atoms with Gasteiger partial charge in [-0.3, -0.25) is 0 Å². The van der Waals surface area contributed by atoms with Crippen molar-refractivity contribution in [2.24, 2.45) is 17.8 Å². The van der Waals surface area contributed by atoms with Crippen LogP contribution in [-0.4, -0.2) is 18.1 Å². The molecule has 0 spiro atoms. The Morgan fingerprint density at radius 1 is 1.04 bits per heavy atom. The Morgan fingerprint density at radius 3 is 2.17 bits per heavy atom. The quantitative estimate of drug-likeness (QED) is 0.700. The Morgan fingerprint density at radius 2 is 1.65 bits per heavy atom. The molecule has 1 aromatic heterocycles. The molecule has 2 heteroatoms. The van der Waals surface area contributed by atoms with Crippen molar-refractivity contribution in [2.45, 2.75) is 67.3 Å². The summed E-state index contributed by atoms with van der Waals surface area (Å²) in [5, 5.41) is 0. The van der Waals surface area contributed by atoms with Gasteiger partial charge in [0.05, 0.1) is 0 Å². The second-order valence-corrected chi connectivity index (χ2v) is 8.05. The molecule has 0 fully saturated rings. The Kier molecular flexibility index (Phi) is 5.23. The monoisotopic (exact) mass is 314 g/mol. The summed E-state index contributed by atoms with van der Waals surface area (Å²) in [7, 11) is 2.21. The normalized spacial score (nSPS) is 27.5. The highest BCUT2D eigenvalue weighted by atomic mass is 15.2. The molecule has 1 aliphatic rings. The first-order chi connectivity index (χ1) is 10.6. The fraction of sp³-hybridized carbons (Fsp3) is 0.667. The minimum atomic E-state index is 0.475. The lowest BCUT2D eigenvalue weighted by Crippen LogP contribution is -2.39. The molecule has 23 heavy (non-hydrogen) atoms. The van der Waals surface area contributed by atoms with Crippen LogP contribution >= 0.6 is 0 Å². The molecule has 2 heterocycles. The summed E-state index contributed by atoms with van der Waals surface area (Å²) in [6.07, 6.45) is 2.51. The molecular weight excluding hydrogens is 280 g/mol. The van der Waals surface area contributed by atoms with Gasteiger partial charge < -0.3 is 4.90 Å². The summed E-state index contributed by atoms with van der Waals surface area (Å²) < 4.78 is 0. The third kappa shape index (κ3) is 3.32. The minimum Gasteiger partial charge on any atom is -0.356 e. The van der Waals surface area contributed by atoms with Gasteiger partial charge in [-0.2, -0.15) is 0 Å². The second kappa shape index (κ2) is 6.67. The van der Waals surface area contributed by atoms with E-state index in [0.717, 1.165) is 5.69 Å². The molecule has 0 aliphatic carbocycles. The van der Waals surface area contributed by atoms with Gasteiger partial charge in [0.1, 0.15) is 5.82 Å². The number of hydrogen-bond acceptors (Lipinski definition) is 2. The molecule has 1 aliphatic heterocycles. The highest BCUT2D eigenvalue weighted by molar-refractivity contribution is 5.79. The van der Waals surface area contributed by atoms with Gasteiger partial charge in [0, 0.05) is 24.3 Å². The van der Waals surface area contributed by atoms with Gasteiger partial charge in [-0.25, -0.2) is 4.98 Å². The Bertz CT molecular complexity index is 598. The highest BCUT2D eigenvalue weighted by Gasteiger charge is 2.30. The molecule has 0 saturated carbocycles. The molecule has 0 radical (unpaired) electrons. The number of hydrogen-bond donors (Lipinski definition) is 0. The van der Waals surface area contributed by atoms with Crippen LogP contribution in [0.5, 0.6) is 0 Å². The Balaban J connectivity index is 2.83. The van der Waals surface area contributed by atoms with Crippen LogP contribution < -0.4 is 4.90 Å². The number of aromatic nitrogens is 1. The zero-order valence-electron chi connectivity index (χ0n) is 16.4. The van der Waals surface area contributed by atoms with E-state index in [2.05, 4.69) is 79.5 Å². The predicted molar refractivity (Wildman–Crippen MR) is 102 cm³/mol. The van der Waals surface area contributed by atoms with Crippen LogP contribution in [0.1, 0.15) is 71.2 Å². The molecular formula is C21H34N2. The van der Waals surface area contributed by atoms with Crippen LogP contribution in [-0.2, 0) is 0 Å². The minimum absolute atomic E-state index is 0.475. The van der Waals surface area contributed by atoms with Crippen molar-refractivity contribution in [1.29, 1.82) is 0 Å². The molecule has 128 valence electrons. The lowest BCUT2D eigenvalue weighted by molar-refractivity contribution is 0.379. The maximum Gasteiger partial charge on any atom is 0.136 e. The van der Waals surface area contributed by atoms with Crippen molar-refractivity contribution in [3.8, 4) is 0 Å². The van der Waals surface area contributed by atoms with E-state index >= 15 is 0 Å². The van der Waals surface area contributed by atoms with Crippen molar-refractivity contribution < 1.29 is 0 Å². The summed E-state index contributed by atoms with van der Waals surface area (Å²) in [4.78, 5) is 7.37. The van der Waals surface area contributed by atoms with Crippen LogP contribution in [0, 0.1) is 24.7 Å². The average Bonchev–Trinajstić information content (AvgIpc) is 2.48. The highest BCUT2D eigenvalue weighted by Crippen LogP contribution is 2.41. The first-order valence-corrected chi connectivity index (χ1v) is 9.11. The number of aryl methyl sites for hydroxylation is 1. The van der Waals surface area contributed by atoms with Crippen molar-refractivity contribution in [3.05, 3.63) is 29.0 Å². The molecule has 0 aromatic carbocycles. The van der Waals surface area contributed by atoms with Gasteiger partial charge in [-0.05, 0) is 54.7 Å². The van der Waals surface area contributed by atoms with Gasteiger partial charge in [-0.15, -0.1) is 0 Å². The van der Waals surface area contributed by atoms with E-state index in [1.165, 1.54) is 22.5 Å². The first-order valence-electron chi connectivity index (χ1n) is 9.11. The predicted octanol–water partition coefficient (Wildman–Crippen LogP) is 5.66. The largest absolute Gasteiger partial charge is 0.356 e. The smallest absolute Gasteiger partial charge is 0.136 e. The molecule has 0 bridgehead atoms. The van der Waals surface area contributed by atoms with Crippen LogP contribution in [0.15, 0.2) is 12.1 Å². The van der Waals surface area contributed by atoms with Crippen LogP contribution in [0.3, 0.4) is 0 Å². The average molecular weight is 315 g/mol. The topological polar surface area (TPSA) is 16.1 Å². The number of fused-ring (bicyclic) bond motifs is 1. The second-order valence-electron chi connectivity index (χ2n) is 8.05. The third-order valence-electron chi connectivity index (χ3n) is 5.67. The van der Waals surface area contributed by atoms with E-state index in [1.807, 2.05) is 0 Å². The van der Waals surface area contributed by atoms with Gasteiger partial charge >= 0.3 is 0 Å². The summed E-state index contributed by atoms with van der Waals surface area (Å²) >= 11 is 0. The van der Waals surface area contributed by atoms with E-state index in [-0.39, 0.29) is 0 Å². The van der Waals surface area contributed by atoms with Gasteiger partial charge in [0.25, 0.3) is 0 Å². The lowest BCUT2D eigenvalue weighted by atomic mass is 9.80. The van der Waals surface area contributed by atoms with Crippen LogP contribution in [0.4, 0.5) is 5.82 Å². The molecule has 3 atom stereocenters. The van der Waals surface area contributed by atoms with E-state index in [0.29, 0.717) is 29.7 Å². The summed E-state index contributed by atoms with van der Waals surface area (Å²) in [5.74, 6) is 3.35. The van der Waals surface area contributed by atoms with Gasteiger partial charge in [0.15, 0.2) is 0 Å². The molecule has 0 amide bonds. The standard InChI is InChI=1S/C21H34N2/c1-12(2)18-10-14(5)16(7)17(8)23(9)21-20(18)19(13(3)4)11-15(6)22-21/h10-14,16-17H,1-9H3/b18-10-/t14-,16-,17-/m1/s1. The van der Waals surface area contributed by atoms with Crippen LogP contribution in [0.2, 0.25) is 0 Å². The van der Waals surface area contributed by atoms with Crippen LogP contribution in [0.25, 0.3) is 5.57 Å². The third-order valence-corrected chi connectivity index (χ3v) is 5.67. The summed E-state index contributed by atoms with van der Waals surface area (Å²) in [6.45, 7) is 18.4. The summed E-state index contributed by atoms with van der Waals surface area (Å²) in [5.41, 5.74) is 5.41. The lowest BCUT2D eigenvalue weighted by Gasteiger charge is -2.38. The van der Waals surface area contributed by atoms with Crippen molar-refractivity contribution in [2.75, 3.05) is 11.9 Å². The SMILES string of the molecule is Cc1cc(C(C)C)c2c(n1)N(C)[C@H](C)[C@H](C)[C@H](C)/C=C\2C(C)C. The van der Waals surface area contributed by atoms with Crippen molar-refractivity contribution in [3.63, 3.8) is 0 Å². The number of allylic oxidation sites excluding steroid dienone is 2.